The number of amides is 1. The summed E-state index contributed by atoms with van der Waals surface area (Å²) in [4.78, 5) is 11.5. The van der Waals surface area contributed by atoms with Crippen molar-refractivity contribution in [3.63, 3.8) is 0 Å². The minimum absolute atomic E-state index is 0. The molecule has 1 unspecified atom stereocenters. The van der Waals surface area contributed by atoms with E-state index in [4.69, 9.17) is 28.9 Å². The maximum Gasteiger partial charge on any atom is 0.226 e. The Kier molecular flexibility index (Phi) is 3.82. The van der Waals surface area contributed by atoms with E-state index in [9.17, 15) is 4.79 Å². The first kappa shape index (κ1) is 13.4. The molecule has 0 spiro atoms. The molecule has 3 nitrogen and oxygen atoms in total. The van der Waals surface area contributed by atoms with Gasteiger partial charge in [0.05, 0.1) is 5.92 Å². The zero-order chi connectivity index (χ0) is 10.4. The van der Waals surface area contributed by atoms with Crippen LogP contribution in [0.4, 0.5) is 0 Å². The van der Waals surface area contributed by atoms with Crippen molar-refractivity contribution >= 4 is 41.5 Å². The van der Waals surface area contributed by atoms with E-state index < -0.39 is 4.33 Å². The highest BCUT2D eigenvalue weighted by atomic mass is 35.5. The second-order valence-electron chi connectivity index (χ2n) is 4.45. The van der Waals surface area contributed by atoms with Gasteiger partial charge in [0.15, 0.2) is 0 Å². The fourth-order valence-electron chi connectivity index (χ4n) is 1.69. The topological polar surface area (TPSA) is 55.1 Å². The van der Waals surface area contributed by atoms with Crippen LogP contribution in [0, 0.1) is 5.92 Å². The molecule has 2 saturated carbocycles. The molecule has 0 bridgehead atoms. The van der Waals surface area contributed by atoms with Gasteiger partial charge in [-0.3, -0.25) is 4.79 Å². The molecular weight excluding hydrogens is 258 g/mol. The number of hydrogen-bond donors (Lipinski definition) is 2. The van der Waals surface area contributed by atoms with Crippen molar-refractivity contribution in [2.24, 2.45) is 11.7 Å². The Balaban J connectivity index is 0.00000112. The molecule has 0 aliphatic heterocycles. The minimum Gasteiger partial charge on any atom is -0.354 e. The van der Waals surface area contributed by atoms with Crippen LogP contribution in [0.5, 0.6) is 0 Å². The third kappa shape index (κ3) is 2.90. The Labute approximate surface area is 105 Å². The molecule has 0 heterocycles. The van der Waals surface area contributed by atoms with Crippen molar-refractivity contribution in [2.45, 2.75) is 35.6 Å². The van der Waals surface area contributed by atoms with Crippen LogP contribution < -0.4 is 11.1 Å². The van der Waals surface area contributed by atoms with Crippen LogP contribution in [0.1, 0.15) is 25.7 Å². The van der Waals surface area contributed by atoms with Crippen LogP contribution in [0.15, 0.2) is 0 Å². The van der Waals surface area contributed by atoms with Gasteiger partial charge in [-0.2, -0.15) is 0 Å². The van der Waals surface area contributed by atoms with Gasteiger partial charge in [0.2, 0.25) is 5.91 Å². The SMILES string of the molecule is Cl.NC1(CNC(=O)C2CC2(Cl)Cl)CCC1. The highest BCUT2D eigenvalue weighted by molar-refractivity contribution is 6.52. The van der Waals surface area contributed by atoms with Gasteiger partial charge in [-0.15, -0.1) is 35.6 Å². The maximum absolute atomic E-state index is 11.5. The van der Waals surface area contributed by atoms with Crippen LogP contribution in [-0.2, 0) is 4.79 Å². The lowest BCUT2D eigenvalue weighted by Gasteiger charge is -2.38. The summed E-state index contributed by atoms with van der Waals surface area (Å²) in [5.74, 6) is -0.304. The lowest BCUT2D eigenvalue weighted by molar-refractivity contribution is -0.122. The summed E-state index contributed by atoms with van der Waals surface area (Å²) in [7, 11) is 0. The number of alkyl halides is 2. The Morgan fingerprint density at radius 3 is 2.33 bits per heavy atom. The van der Waals surface area contributed by atoms with E-state index >= 15 is 0 Å². The largest absolute Gasteiger partial charge is 0.354 e. The third-order valence-electron chi connectivity index (χ3n) is 3.11. The van der Waals surface area contributed by atoms with Gasteiger partial charge < -0.3 is 11.1 Å². The van der Waals surface area contributed by atoms with Crippen molar-refractivity contribution in [3.05, 3.63) is 0 Å². The Hall–Kier alpha value is 0.300. The molecule has 0 aromatic rings. The van der Waals surface area contributed by atoms with Crippen molar-refractivity contribution in [1.82, 2.24) is 5.32 Å². The molecule has 0 aromatic heterocycles. The average molecular weight is 274 g/mol. The molecular formula is C9H15Cl3N2O. The van der Waals surface area contributed by atoms with E-state index in [1.54, 1.807) is 0 Å². The minimum atomic E-state index is -0.828. The summed E-state index contributed by atoms with van der Waals surface area (Å²) < 4.78 is -0.828. The van der Waals surface area contributed by atoms with Crippen LogP contribution >= 0.6 is 35.6 Å². The van der Waals surface area contributed by atoms with Crippen molar-refractivity contribution in [1.29, 1.82) is 0 Å². The number of nitrogens with two attached hydrogens (primary N) is 1. The summed E-state index contributed by atoms with van der Waals surface area (Å²) in [5, 5.41) is 2.81. The lowest BCUT2D eigenvalue weighted by Crippen LogP contribution is -2.55. The van der Waals surface area contributed by atoms with Crippen molar-refractivity contribution < 1.29 is 4.79 Å². The quantitative estimate of drug-likeness (QED) is 0.768. The highest BCUT2D eigenvalue weighted by Gasteiger charge is 2.56. The predicted octanol–water partition coefficient (Wildman–Crippen LogP) is 1.60. The third-order valence-corrected chi connectivity index (χ3v) is 3.94. The lowest BCUT2D eigenvalue weighted by atomic mass is 9.78. The molecule has 0 aromatic carbocycles. The van der Waals surface area contributed by atoms with Gasteiger partial charge in [0.25, 0.3) is 0 Å². The van der Waals surface area contributed by atoms with Gasteiger partial charge >= 0.3 is 0 Å². The van der Waals surface area contributed by atoms with Crippen LogP contribution in [0.25, 0.3) is 0 Å². The predicted molar refractivity (Wildman–Crippen MR) is 63.6 cm³/mol. The molecule has 2 aliphatic carbocycles. The van der Waals surface area contributed by atoms with E-state index in [1.165, 1.54) is 0 Å². The maximum atomic E-state index is 11.5. The zero-order valence-corrected chi connectivity index (χ0v) is 10.6. The molecule has 2 rings (SSSR count). The number of carbonyl (C=O) groups is 1. The van der Waals surface area contributed by atoms with Gasteiger partial charge in [-0.25, -0.2) is 0 Å². The molecule has 1 atom stereocenters. The van der Waals surface area contributed by atoms with Gasteiger partial charge in [-0.1, -0.05) is 0 Å². The molecule has 3 N–H and O–H groups in total. The van der Waals surface area contributed by atoms with E-state index in [1.807, 2.05) is 0 Å². The molecule has 15 heavy (non-hydrogen) atoms. The number of carbonyl (C=O) groups excluding carboxylic acids is 1. The van der Waals surface area contributed by atoms with Gasteiger partial charge in [0.1, 0.15) is 4.33 Å². The summed E-state index contributed by atoms with van der Waals surface area (Å²) in [5.41, 5.74) is 5.78. The number of halogens is 3. The average Bonchev–Trinajstić information content (AvgIpc) is 2.68. The zero-order valence-electron chi connectivity index (χ0n) is 8.26. The fraction of sp³-hybridized carbons (Fsp3) is 0.889. The first-order valence-corrected chi connectivity index (χ1v) is 5.63. The smallest absolute Gasteiger partial charge is 0.226 e. The Morgan fingerprint density at radius 2 is 2.00 bits per heavy atom. The van der Waals surface area contributed by atoms with Crippen LogP contribution in [0.2, 0.25) is 0 Å². The first-order chi connectivity index (χ1) is 6.43. The summed E-state index contributed by atoms with van der Waals surface area (Å²) in [6.45, 7) is 0.548. The van der Waals surface area contributed by atoms with Crippen molar-refractivity contribution in [2.75, 3.05) is 6.54 Å². The summed E-state index contributed by atoms with van der Waals surface area (Å²) in [6, 6.07) is 0. The fourth-order valence-corrected chi connectivity index (χ4v) is 2.20. The second-order valence-corrected chi connectivity index (χ2v) is 5.99. The second kappa shape index (κ2) is 4.28. The standard InChI is InChI=1S/C9H14Cl2N2O.ClH/c10-9(11)4-6(9)7(14)13-5-8(12)2-1-3-8;/h6H,1-5,12H2,(H,13,14);1H. The van der Waals surface area contributed by atoms with E-state index in [0.29, 0.717) is 13.0 Å². The normalized spacial score (nSPS) is 29.7. The van der Waals surface area contributed by atoms with E-state index in [2.05, 4.69) is 5.32 Å². The van der Waals surface area contributed by atoms with Crippen LogP contribution in [-0.4, -0.2) is 22.3 Å². The first-order valence-electron chi connectivity index (χ1n) is 4.87. The monoisotopic (exact) mass is 272 g/mol. The molecule has 0 radical (unpaired) electrons. The number of hydrogen-bond acceptors (Lipinski definition) is 2. The van der Waals surface area contributed by atoms with Gasteiger partial charge in [-0.05, 0) is 25.7 Å². The van der Waals surface area contributed by atoms with Crippen LogP contribution in [0.3, 0.4) is 0 Å². The molecule has 1 amide bonds. The summed E-state index contributed by atoms with van der Waals surface area (Å²) in [6.07, 6.45) is 3.69. The number of nitrogens with one attached hydrogen (secondary N) is 1. The van der Waals surface area contributed by atoms with Crippen molar-refractivity contribution in [3.8, 4) is 0 Å². The van der Waals surface area contributed by atoms with Gasteiger partial charge in [0, 0.05) is 12.1 Å². The van der Waals surface area contributed by atoms with E-state index in [0.717, 1.165) is 19.3 Å². The Bertz CT molecular complexity index is 266. The summed E-state index contributed by atoms with van der Waals surface area (Å²) >= 11 is 11.5. The highest BCUT2D eigenvalue weighted by Crippen LogP contribution is 2.53. The Morgan fingerprint density at radius 1 is 1.47 bits per heavy atom. The molecule has 2 aliphatic rings. The number of rotatable bonds is 3. The molecule has 0 saturated heterocycles. The molecule has 88 valence electrons. The molecule has 2 fully saturated rings. The molecule has 6 heteroatoms. The van der Waals surface area contributed by atoms with E-state index in [-0.39, 0.29) is 29.8 Å².